The van der Waals surface area contributed by atoms with Crippen LogP contribution < -0.4 is 0 Å². The van der Waals surface area contributed by atoms with Crippen LogP contribution in [0.1, 0.15) is 20.3 Å². The number of rotatable bonds is 3. The Balaban J connectivity index is 0.000000228. The van der Waals surface area contributed by atoms with Crippen LogP contribution in [0.4, 0.5) is 0 Å². The molecule has 2 aromatic heterocycles. The van der Waals surface area contributed by atoms with Crippen LogP contribution in [-0.2, 0) is 7.05 Å². The third kappa shape index (κ3) is 5.19. The number of nitrogens with zero attached hydrogens (tertiary/aromatic N) is 4. The summed E-state index contributed by atoms with van der Waals surface area (Å²) >= 11 is 3.56. The lowest BCUT2D eigenvalue weighted by molar-refractivity contribution is 0.494. The second-order valence-corrected chi connectivity index (χ2v) is 9.48. The highest BCUT2D eigenvalue weighted by Gasteiger charge is 2.39. The van der Waals surface area contributed by atoms with Gasteiger partial charge in [0.2, 0.25) is 0 Å². The fraction of sp³-hybridized carbons (Fsp3) is 0.455. The van der Waals surface area contributed by atoms with Crippen LogP contribution in [0.5, 0.6) is 0 Å². The molecule has 2 aliphatic rings. The molecule has 3 aromatic rings. The number of benzene rings is 1. The van der Waals surface area contributed by atoms with Gasteiger partial charge < -0.3 is 4.57 Å². The Morgan fingerprint density at radius 1 is 1.10 bits per heavy atom. The molecule has 2 fully saturated rings. The Bertz CT molecular complexity index is 913. The van der Waals surface area contributed by atoms with Crippen molar-refractivity contribution in [1.29, 1.82) is 0 Å². The van der Waals surface area contributed by atoms with Crippen molar-refractivity contribution in [2.45, 2.75) is 36.1 Å². The molecule has 2 radical (unpaired) electrons. The first-order valence-electron chi connectivity index (χ1n) is 9.66. The van der Waals surface area contributed by atoms with Gasteiger partial charge in [-0.15, -0.1) is 0 Å². The maximum absolute atomic E-state index is 6.07. The summed E-state index contributed by atoms with van der Waals surface area (Å²) in [6, 6.07) is 8.58. The average Bonchev–Trinajstić information content (AvgIpc) is 3.36. The molecule has 4 nitrogen and oxygen atoms in total. The second kappa shape index (κ2) is 10.0. The van der Waals surface area contributed by atoms with Gasteiger partial charge in [0.25, 0.3) is 0 Å². The van der Waals surface area contributed by atoms with Crippen molar-refractivity contribution in [1.82, 2.24) is 18.8 Å². The van der Waals surface area contributed by atoms with E-state index in [0.717, 1.165) is 17.0 Å². The van der Waals surface area contributed by atoms with Gasteiger partial charge in [-0.25, -0.2) is 9.29 Å². The molecule has 5 rings (SSSR count). The summed E-state index contributed by atoms with van der Waals surface area (Å²) in [4.78, 5) is 9.61. The topological polar surface area (TPSA) is 34.0 Å². The number of aromatic nitrogens is 3. The third-order valence-electron chi connectivity index (χ3n) is 5.58. The zero-order chi connectivity index (χ0) is 19.5. The van der Waals surface area contributed by atoms with Gasteiger partial charge in [-0.1, -0.05) is 50.0 Å². The van der Waals surface area contributed by atoms with Crippen molar-refractivity contribution in [3.8, 4) is 0 Å². The monoisotopic (exact) mass is 424 g/mol. The number of thioether (sulfide) groups is 1. The summed E-state index contributed by atoms with van der Waals surface area (Å²) in [6.45, 7) is 2.37. The normalized spacial score (nSPS) is 23.3. The molecule has 0 spiro atoms. The lowest BCUT2D eigenvalue weighted by atomic mass is 9.85. The fourth-order valence-corrected chi connectivity index (χ4v) is 5.99. The van der Waals surface area contributed by atoms with Crippen molar-refractivity contribution < 1.29 is 0 Å². The Morgan fingerprint density at radius 3 is 2.48 bits per heavy atom. The molecular weight excluding hydrogens is 395 g/mol. The van der Waals surface area contributed by atoms with E-state index in [4.69, 9.17) is 7.85 Å². The molecule has 2 unspecified atom stereocenters. The summed E-state index contributed by atoms with van der Waals surface area (Å²) < 4.78 is 4.51. The minimum absolute atomic E-state index is 0. The van der Waals surface area contributed by atoms with Crippen LogP contribution in [0.3, 0.4) is 0 Å². The van der Waals surface area contributed by atoms with E-state index in [2.05, 4.69) is 38.5 Å². The molecule has 0 N–H and O–H groups in total. The highest BCUT2D eigenvalue weighted by molar-refractivity contribution is 7.98. The molecule has 29 heavy (non-hydrogen) atoms. The standard InChI is InChI=1S/C16H17BN2S.C5H8N2S.CH4/c17-14-6-12-9-19(10-13(12)7-14)20-16-3-1-2-11-8-18-5-4-15(11)16;1-7-4-3-6-5(7)8-2;/h1-5,8,12-14H,6-7,9-10H2;3-4H,1-2H3;1H4/t12-,13?,14?;;/m1../s1. The molecule has 0 bridgehead atoms. The zero-order valence-electron chi connectivity index (χ0n) is 16.4. The largest absolute Gasteiger partial charge is 0.329 e. The van der Waals surface area contributed by atoms with Crippen LogP contribution in [-0.4, -0.2) is 46.0 Å². The van der Waals surface area contributed by atoms with E-state index in [1.165, 1.54) is 41.6 Å². The zero-order valence-corrected chi connectivity index (χ0v) is 18.0. The van der Waals surface area contributed by atoms with E-state index in [1.54, 1.807) is 18.0 Å². The summed E-state index contributed by atoms with van der Waals surface area (Å²) in [5.41, 5.74) is 0. The Labute approximate surface area is 184 Å². The summed E-state index contributed by atoms with van der Waals surface area (Å²) in [5.74, 6) is 2.07. The Kier molecular flexibility index (Phi) is 7.71. The first-order chi connectivity index (χ1) is 13.6. The molecule has 3 heterocycles. The number of imidazole rings is 1. The number of aryl methyl sites for hydroxylation is 1. The molecule has 1 aromatic carbocycles. The van der Waals surface area contributed by atoms with Gasteiger partial charge >= 0.3 is 0 Å². The highest BCUT2D eigenvalue weighted by atomic mass is 32.2. The number of fused-ring (bicyclic) bond motifs is 2. The summed E-state index contributed by atoms with van der Waals surface area (Å²) in [7, 11) is 8.05. The smallest absolute Gasteiger partial charge is 0.167 e. The van der Waals surface area contributed by atoms with E-state index in [1.807, 2.05) is 48.4 Å². The van der Waals surface area contributed by atoms with Gasteiger partial charge in [0.1, 0.15) is 0 Å². The average molecular weight is 424 g/mol. The molecule has 1 aliphatic carbocycles. The van der Waals surface area contributed by atoms with Gasteiger partial charge in [-0.2, -0.15) is 0 Å². The van der Waals surface area contributed by atoms with Gasteiger partial charge in [-0.05, 0) is 47.6 Å². The van der Waals surface area contributed by atoms with Gasteiger partial charge in [0.15, 0.2) is 5.16 Å². The van der Waals surface area contributed by atoms with Crippen molar-refractivity contribution in [3.05, 3.63) is 49.1 Å². The molecule has 1 saturated carbocycles. The van der Waals surface area contributed by atoms with E-state index in [9.17, 15) is 0 Å². The Morgan fingerprint density at radius 2 is 1.86 bits per heavy atom. The van der Waals surface area contributed by atoms with Crippen LogP contribution >= 0.6 is 23.7 Å². The Hall–Kier alpha value is -1.44. The predicted molar refractivity (Wildman–Crippen MR) is 127 cm³/mol. The first-order valence-corrected chi connectivity index (χ1v) is 11.7. The van der Waals surface area contributed by atoms with Gasteiger partial charge in [0.05, 0.1) is 7.85 Å². The van der Waals surface area contributed by atoms with E-state index in [-0.39, 0.29) is 7.43 Å². The van der Waals surface area contributed by atoms with Crippen molar-refractivity contribution in [2.24, 2.45) is 18.9 Å². The van der Waals surface area contributed by atoms with Crippen molar-refractivity contribution >= 4 is 42.3 Å². The number of hydrogen-bond donors (Lipinski definition) is 0. The molecule has 1 saturated heterocycles. The fourth-order valence-electron chi connectivity index (χ4n) is 4.24. The maximum Gasteiger partial charge on any atom is 0.167 e. The van der Waals surface area contributed by atoms with E-state index < -0.39 is 0 Å². The third-order valence-corrected chi connectivity index (χ3v) is 7.45. The molecule has 0 amide bonds. The van der Waals surface area contributed by atoms with E-state index in [0.29, 0.717) is 5.82 Å². The van der Waals surface area contributed by atoms with Crippen molar-refractivity contribution in [3.63, 3.8) is 0 Å². The van der Waals surface area contributed by atoms with Crippen LogP contribution in [0.25, 0.3) is 10.8 Å². The minimum atomic E-state index is 0. The minimum Gasteiger partial charge on any atom is -0.329 e. The number of hydrogen-bond acceptors (Lipinski definition) is 5. The predicted octanol–water partition coefficient (Wildman–Crippen LogP) is 5.32. The molecule has 7 heteroatoms. The summed E-state index contributed by atoms with van der Waals surface area (Å²) in [6.07, 6.45) is 12.0. The number of pyridine rings is 1. The first kappa shape index (κ1) is 22.3. The molecule has 1 aliphatic heterocycles. The SMILES string of the molecule is C.CSc1nccn1C.[B]C1CC2CN(Sc3cccc4cnccc34)C[C@H]2C1. The van der Waals surface area contributed by atoms with Crippen LogP contribution in [0.15, 0.2) is 59.1 Å². The second-order valence-electron chi connectivity index (χ2n) is 7.57. The van der Waals surface area contributed by atoms with Crippen LogP contribution in [0.2, 0.25) is 5.82 Å². The lowest BCUT2D eigenvalue weighted by Gasteiger charge is -2.17. The van der Waals surface area contributed by atoms with Crippen LogP contribution in [0, 0.1) is 11.8 Å². The summed E-state index contributed by atoms with van der Waals surface area (Å²) in [5, 5.41) is 3.59. The molecule has 152 valence electrons. The lowest BCUT2D eigenvalue weighted by Crippen LogP contribution is -2.13. The van der Waals surface area contributed by atoms with Crippen molar-refractivity contribution in [2.75, 3.05) is 19.3 Å². The van der Waals surface area contributed by atoms with E-state index >= 15 is 0 Å². The molecule has 3 atom stereocenters. The van der Waals surface area contributed by atoms with Gasteiger partial charge in [-0.3, -0.25) is 4.98 Å². The molecular formula is C22H29BN4S2. The highest BCUT2D eigenvalue weighted by Crippen LogP contribution is 2.46. The van der Waals surface area contributed by atoms with Gasteiger partial charge in [0, 0.05) is 55.2 Å². The maximum atomic E-state index is 6.07. The quantitative estimate of drug-likeness (QED) is 0.323.